The standard InChI is InChI=1S/C21H24N4O2S/c1-3-27-21(26)18-14(2)17-19(22-13-23-20(17)28-18)25-11-7-10-16(12-25)24-15-8-5-4-6-9-15/h4-6,8-9,13,16,24H,3,7,10-12H2,1-2H3. The van der Waals surface area contributed by atoms with E-state index in [9.17, 15) is 4.79 Å². The van der Waals surface area contributed by atoms with Gasteiger partial charge in [-0.3, -0.25) is 0 Å². The van der Waals surface area contributed by atoms with Crippen LogP contribution < -0.4 is 10.2 Å². The van der Waals surface area contributed by atoms with Gasteiger partial charge in [-0.25, -0.2) is 14.8 Å². The molecular weight excluding hydrogens is 372 g/mol. The first-order valence-electron chi connectivity index (χ1n) is 9.65. The van der Waals surface area contributed by atoms with Crippen LogP contribution in [0.1, 0.15) is 35.0 Å². The average Bonchev–Trinajstić information content (AvgIpc) is 3.06. The molecule has 1 atom stereocenters. The van der Waals surface area contributed by atoms with E-state index in [1.165, 1.54) is 11.3 Å². The summed E-state index contributed by atoms with van der Waals surface area (Å²) in [5, 5.41) is 4.60. The van der Waals surface area contributed by atoms with E-state index in [0.29, 0.717) is 17.5 Å². The Bertz CT molecular complexity index is 973. The van der Waals surface area contributed by atoms with E-state index in [-0.39, 0.29) is 5.97 Å². The fourth-order valence-corrected chi connectivity index (χ4v) is 4.78. The Morgan fingerprint density at radius 2 is 2.14 bits per heavy atom. The van der Waals surface area contributed by atoms with Gasteiger partial charge in [-0.1, -0.05) is 18.2 Å². The number of aromatic nitrogens is 2. The van der Waals surface area contributed by atoms with E-state index >= 15 is 0 Å². The van der Waals surface area contributed by atoms with Gasteiger partial charge in [-0.15, -0.1) is 11.3 Å². The molecule has 1 aromatic carbocycles. The lowest BCUT2D eigenvalue weighted by atomic mass is 10.0. The number of ether oxygens (including phenoxy) is 1. The number of para-hydroxylation sites is 1. The summed E-state index contributed by atoms with van der Waals surface area (Å²) in [5.41, 5.74) is 2.05. The minimum absolute atomic E-state index is 0.281. The van der Waals surface area contributed by atoms with Crippen LogP contribution in [0.15, 0.2) is 36.7 Å². The Balaban J connectivity index is 1.62. The lowest BCUT2D eigenvalue weighted by Crippen LogP contribution is -2.42. The van der Waals surface area contributed by atoms with Crippen molar-refractivity contribution in [1.29, 1.82) is 0 Å². The zero-order valence-electron chi connectivity index (χ0n) is 16.1. The largest absolute Gasteiger partial charge is 0.462 e. The molecule has 0 amide bonds. The monoisotopic (exact) mass is 396 g/mol. The predicted octanol–water partition coefficient (Wildman–Crippen LogP) is 4.26. The third kappa shape index (κ3) is 3.67. The third-order valence-corrected chi connectivity index (χ3v) is 6.21. The molecule has 6 nitrogen and oxygen atoms in total. The highest BCUT2D eigenvalue weighted by molar-refractivity contribution is 7.20. The first kappa shape index (κ1) is 18.7. The van der Waals surface area contributed by atoms with Crippen molar-refractivity contribution in [3.8, 4) is 0 Å². The SMILES string of the molecule is CCOC(=O)c1sc2ncnc(N3CCCC(Nc4ccccc4)C3)c2c1C. The van der Waals surface area contributed by atoms with Crippen molar-refractivity contribution in [2.45, 2.75) is 32.7 Å². The Morgan fingerprint density at radius 3 is 2.93 bits per heavy atom. The molecule has 3 heterocycles. The number of esters is 1. The van der Waals surface area contributed by atoms with Gasteiger partial charge in [0.05, 0.1) is 12.0 Å². The molecule has 0 saturated carbocycles. The van der Waals surface area contributed by atoms with Crippen molar-refractivity contribution in [1.82, 2.24) is 9.97 Å². The molecule has 1 aliphatic heterocycles. The Kier molecular flexibility index (Phi) is 5.43. The predicted molar refractivity (Wildman–Crippen MR) is 113 cm³/mol. The van der Waals surface area contributed by atoms with Crippen LogP contribution in [-0.4, -0.2) is 41.7 Å². The number of piperidine rings is 1. The second kappa shape index (κ2) is 8.14. The zero-order valence-corrected chi connectivity index (χ0v) is 17.0. The van der Waals surface area contributed by atoms with Gasteiger partial charge in [0, 0.05) is 24.8 Å². The third-order valence-electron chi connectivity index (χ3n) is 5.03. The Labute approximate surface area is 168 Å². The van der Waals surface area contributed by atoms with Gasteiger partial charge < -0.3 is 15.0 Å². The number of carbonyl (C=O) groups excluding carboxylic acids is 1. The fourth-order valence-electron chi connectivity index (χ4n) is 3.74. The van der Waals surface area contributed by atoms with Crippen LogP contribution in [0, 0.1) is 6.92 Å². The smallest absolute Gasteiger partial charge is 0.348 e. The molecule has 1 unspecified atom stereocenters. The van der Waals surface area contributed by atoms with E-state index in [4.69, 9.17) is 4.74 Å². The van der Waals surface area contributed by atoms with E-state index in [2.05, 4.69) is 32.3 Å². The number of nitrogens with one attached hydrogen (secondary N) is 1. The molecule has 146 valence electrons. The van der Waals surface area contributed by atoms with Crippen LogP contribution in [0.3, 0.4) is 0 Å². The summed E-state index contributed by atoms with van der Waals surface area (Å²) in [6.45, 7) is 5.96. The lowest BCUT2D eigenvalue weighted by Gasteiger charge is -2.34. The lowest BCUT2D eigenvalue weighted by molar-refractivity contribution is 0.0531. The highest BCUT2D eigenvalue weighted by Crippen LogP contribution is 2.36. The van der Waals surface area contributed by atoms with Crippen molar-refractivity contribution >= 4 is 39.0 Å². The van der Waals surface area contributed by atoms with E-state index < -0.39 is 0 Å². The van der Waals surface area contributed by atoms with E-state index in [1.54, 1.807) is 6.33 Å². The summed E-state index contributed by atoms with van der Waals surface area (Å²) in [4.78, 5) is 25.1. The minimum atomic E-state index is -0.281. The van der Waals surface area contributed by atoms with Gasteiger partial charge in [0.25, 0.3) is 0 Å². The summed E-state index contributed by atoms with van der Waals surface area (Å²) in [7, 11) is 0. The number of hydrogen-bond donors (Lipinski definition) is 1. The maximum atomic E-state index is 12.3. The summed E-state index contributed by atoms with van der Waals surface area (Å²) >= 11 is 1.39. The Morgan fingerprint density at radius 1 is 1.32 bits per heavy atom. The molecule has 0 aliphatic carbocycles. The molecule has 1 fully saturated rings. The summed E-state index contributed by atoms with van der Waals surface area (Å²) in [6.07, 6.45) is 3.80. The van der Waals surface area contributed by atoms with Crippen molar-refractivity contribution in [2.24, 2.45) is 0 Å². The topological polar surface area (TPSA) is 67.3 Å². The number of benzene rings is 1. The number of rotatable bonds is 5. The molecule has 1 N–H and O–H groups in total. The molecule has 28 heavy (non-hydrogen) atoms. The second-order valence-electron chi connectivity index (χ2n) is 6.95. The number of thiophene rings is 1. The number of nitrogens with zero attached hydrogens (tertiary/aromatic N) is 3. The van der Waals surface area contributed by atoms with Gasteiger partial charge in [0.15, 0.2) is 0 Å². The first-order chi connectivity index (χ1) is 13.7. The molecule has 7 heteroatoms. The van der Waals surface area contributed by atoms with Crippen LogP contribution >= 0.6 is 11.3 Å². The van der Waals surface area contributed by atoms with Crippen molar-refractivity contribution in [2.75, 3.05) is 29.9 Å². The fraction of sp³-hybridized carbons (Fsp3) is 0.381. The maximum absolute atomic E-state index is 12.3. The summed E-state index contributed by atoms with van der Waals surface area (Å²) in [5.74, 6) is 0.630. The van der Waals surface area contributed by atoms with Crippen molar-refractivity contribution in [3.05, 3.63) is 47.1 Å². The summed E-state index contributed by atoms with van der Waals surface area (Å²) in [6, 6.07) is 10.7. The zero-order chi connectivity index (χ0) is 19.5. The second-order valence-corrected chi connectivity index (χ2v) is 7.95. The van der Waals surface area contributed by atoms with Gasteiger partial charge in [-0.2, -0.15) is 0 Å². The van der Waals surface area contributed by atoms with Gasteiger partial charge in [0.1, 0.15) is 21.9 Å². The quantitative estimate of drug-likeness (QED) is 0.650. The van der Waals surface area contributed by atoms with Gasteiger partial charge in [-0.05, 0) is 44.4 Å². The van der Waals surface area contributed by atoms with Gasteiger partial charge >= 0.3 is 5.97 Å². The van der Waals surface area contributed by atoms with Gasteiger partial charge in [0.2, 0.25) is 0 Å². The highest BCUT2D eigenvalue weighted by Gasteiger charge is 2.26. The highest BCUT2D eigenvalue weighted by atomic mass is 32.1. The maximum Gasteiger partial charge on any atom is 0.348 e. The van der Waals surface area contributed by atoms with Crippen molar-refractivity contribution in [3.63, 3.8) is 0 Å². The summed E-state index contributed by atoms with van der Waals surface area (Å²) < 4.78 is 5.21. The Hall–Kier alpha value is -2.67. The van der Waals surface area contributed by atoms with Crippen LogP contribution in [0.4, 0.5) is 11.5 Å². The molecule has 0 spiro atoms. The molecular formula is C21H24N4O2S. The molecule has 3 aromatic rings. The molecule has 4 rings (SSSR count). The normalized spacial score (nSPS) is 16.9. The molecule has 0 bridgehead atoms. The number of fused-ring (bicyclic) bond motifs is 1. The number of aryl methyl sites for hydroxylation is 1. The van der Waals surface area contributed by atoms with Crippen LogP contribution in [0.5, 0.6) is 0 Å². The van der Waals surface area contributed by atoms with Crippen LogP contribution in [0.2, 0.25) is 0 Å². The van der Waals surface area contributed by atoms with Crippen molar-refractivity contribution < 1.29 is 9.53 Å². The average molecular weight is 397 g/mol. The molecule has 1 saturated heterocycles. The van der Waals surface area contributed by atoms with E-state index in [1.807, 2.05) is 32.0 Å². The molecule has 2 aromatic heterocycles. The minimum Gasteiger partial charge on any atom is -0.462 e. The number of carbonyl (C=O) groups is 1. The van der Waals surface area contributed by atoms with Crippen LogP contribution in [0.25, 0.3) is 10.2 Å². The van der Waals surface area contributed by atoms with E-state index in [0.717, 1.165) is 53.2 Å². The number of hydrogen-bond acceptors (Lipinski definition) is 7. The number of anilines is 2. The first-order valence-corrected chi connectivity index (χ1v) is 10.5. The molecule has 0 radical (unpaired) electrons. The van der Waals surface area contributed by atoms with Crippen LogP contribution in [-0.2, 0) is 4.74 Å². The molecule has 1 aliphatic rings.